The van der Waals surface area contributed by atoms with Gasteiger partial charge < -0.3 is 5.73 Å². The van der Waals surface area contributed by atoms with Crippen molar-refractivity contribution in [2.75, 3.05) is 0 Å². The van der Waals surface area contributed by atoms with Crippen LogP contribution in [0.25, 0.3) is 0 Å². The zero-order valence-electron chi connectivity index (χ0n) is 7.12. The molecule has 0 fully saturated rings. The first-order valence-corrected chi connectivity index (χ1v) is 3.89. The summed E-state index contributed by atoms with van der Waals surface area (Å²) in [5, 5.41) is 0. The average molecular weight is 160 g/mol. The molecule has 1 aromatic rings. The third-order valence-corrected chi connectivity index (χ3v) is 1.60. The second-order valence-electron chi connectivity index (χ2n) is 2.86. The lowest BCUT2D eigenvalue weighted by Gasteiger charge is -2.05. The minimum atomic E-state index is 0.126. The molecule has 1 atom stereocenters. The molecule has 2 N–H and O–H groups in total. The average Bonchev–Trinajstić information content (AvgIpc) is 2.04. The molecule has 0 spiro atoms. The summed E-state index contributed by atoms with van der Waals surface area (Å²) in [5.74, 6) is 2.61. The summed E-state index contributed by atoms with van der Waals surface area (Å²) in [7, 11) is 0. The molecule has 0 aromatic carbocycles. The van der Waals surface area contributed by atoms with E-state index >= 15 is 0 Å². The van der Waals surface area contributed by atoms with Gasteiger partial charge in [0.25, 0.3) is 0 Å². The van der Waals surface area contributed by atoms with Crippen LogP contribution in [0, 0.1) is 12.3 Å². The molecule has 1 heterocycles. The smallest absolute Gasteiger partial charge is 0.0312 e. The largest absolute Gasteiger partial charge is 0.328 e. The highest BCUT2D eigenvalue weighted by atomic mass is 14.6. The monoisotopic (exact) mass is 160 g/mol. The van der Waals surface area contributed by atoms with Crippen LogP contribution in [0.4, 0.5) is 0 Å². The van der Waals surface area contributed by atoms with Gasteiger partial charge in [-0.15, -0.1) is 6.42 Å². The Balaban J connectivity index is 2.91. The summed E-state index contributed by atoms with van der Waals surface area (Å²) in [6, 6.07) is 1.96. The van der Waals surface area contributed by atoms with Crippen molar-refractivity contribution in [2.45, 2.75) is 19.4 Å². The van der Waals surface area contributed by atoms with E-state index in [2.05, 4.69) is 10.9 Å². The summed E-state index contributed by atoms with van der Waals surface area (Å²) in [6.07, 6.45) is 9.56. The Hall–Kier alpha value is -1.33. The summed E-state index contributed by atoms with van der Waals surface area (Å²) in [5.41, 5.74) is 7.59. The molecule has 12 heavy (non-hydrogen) atoms. The van der Waals surface area contributed by atoms with Gasteiger partial charge in [0.15, 0.2) is 0 Å². The van der Waals surface area contributed by atoms with Crippen molar-refractivity contribution in [3.8, 4) is 12.3 Å². The lowest BCUT2D eigenvalue weighted by molar-refractivity contribution is 0.734. The van der Waals surface area contributed by atoms with Crippen LogP contribution in [0.15, 0.2) is 18.5 Å². The number of rotatable bonds is 2. The molecule has 0 bridgehead atoms. The quantitative estimate of drug-likeness (QED) is 0.654. The first-order valence-electron chi connectivity index (χ1n) is 3.89. The summed E-state index contributed by atoms with van der Waals surface area (Å²) >= 11 is 0. The molecule has 1 aromatic heterocycles. The molecule has 0 radical (unpaired) electrons. The van der Waals surface area contributed by atoms with Gasteiger partial charge >= 0.3 is 0 Å². The second kappa shape index (κ2) is 3.89. The van der Waals surface area contributed by atoms with Crippen molar-refractivity contribution in [3.05, 3.63) is 29.6 Å². The van der Waals surface area contributed by atoms with E-state index < -0.39 is 0 Å². The zero-order chi connectivity index (χ0) is 8.97. The van der Waals surface area contributed by atoms with Crippen molar-refractivity contribution in [2.24, 2.45) is 5.73 Å². The Bertz CT molecular complexity index is 297. The number of aromatic nitrogens is 1. The lowest BCUT2D eigenvalue weighted by Crippen LogP contribution is -2.18. The predicted molar refractivity (Wildman–Crippen MR) is 49.5 cm³/mol. The van der Waals surface area contributed by atoms with E-state index in [1.807, 2.05) is 13.0 Å². The molecule has 0 aliphatic carbocycles. The summed E-state index contributed by atoms with van der Waals surface area (Å²) in [6.45, 7) is 1.95. The number of nitrogens with zero attached hydrogens (tertiary/aromatic N) is 1. The normalized spacial score (nSPS) is 12.1. The van der Waals surface area contributed by atoms with E-state index in [9.17, 15) is 0 Å². The molecule has 62 valence electrons. The highest BCUT2D eigenvalue weighted by Crippen LogP contribution is 2.06. The van der Waals surface area contributed by atoms with Crippen molar-refractivity contribution < 1.29 is 0 Å². The fraction of sp³-hybridized carbons (Fsp3) is 0.300. The zero-order valence-corrected chi connectivity index (χ0v) is 7.12. The highest BCUT2D eigenvalue weighted by molar-refractivity contribution is 5.37. The van der Waals surface area contributed by atoms with Gasteiger partial charge in [-0.1, -0.05) is 5.92 Å². The van der Waals surface area contributed by atoms with Crippen LogP contribution in [0.3, 0.4) is 0 Å². The highest BCUT2D eigenvalue weighted by Gasteiger charge is 2.01. The Morgan fingerprint density at radius 2 is 2.50 bits per heavy atom. The molecule has 0 amide bonds. The molecule has 0 aliphatic heterocycles. The van der Waals surface area contributed by atoms with Gasteiger partial charge in [-0.05, 0) is 25.0 Å². The Morgan fingerprint density at radius 1 is 1.75 bits per heavy atom. The summed E-state index contributed by atoms with van der Waals surface area (Å²) < 4.78 is 0. The molecule has 0 saturated heterocycles. The summed E-state index contributed by atoms with van der Waals surface area (Å²) in [4.78, 5) is 4.00. The van der Waals surface area contributed by atoms with E-state index in [4.69, 9.17) is 12.2 Å². The fourth-order valence-electron chi connectivity index (χ4n) is 1.08. The number of hydrogen-bond acceptors (Lipinski definition) is 2. The molecule has 1 unspecified atom stereocenters. The predicted octanol–water partition coefficient (Wildman–Crippen LogP) is 0.953. The van der Waals surface area contributed by atoms with E-state index in [0.29, 0.717) is 0 Å². The number of pyridine rings is 1. The van der Waals surface area contributed by atoms with Gasteiger partial charge in [0.2, 0.25) is 0 Å². The lowest BCUT2D eigenvalue weighted by atomic mass is 10.0. The van der Waals surface area contributed by atoms with Crippen LogP contribution in [-0.4, -0.2) is 11.0 Å². The Morgan fingerprint density at radius 3 is 3.08 bits per heavy atom. The van der Waals surface area contributed by atoms with Crippen LogP contribution in [-0.2, 0) is 6.42 Å². The number of hydrogen-bond donors (Lipinski definition) is 1. The first kappa shape index (κ1) is 8.76. The second-order valence-corrected chi connectivity index (χ2v) is 2.86. The van der Waals surface area contributed by atoms with Crippen molar-refractivity contribution >= 4 is 0 Å². The molecule has 1 rings (SSSR count). The standard InChI is InChI=1S/C10H12N2/c1-3-9-4-5-12-7-10(9)6-8(2)11/h1,4-5,7-8H,6,11H2,2H3. The van der Waals surface area contributed by atoms with E-state index in [1.165, 1.54) is 0 Å². The van der Waals surface area contributed by atoms with Crippen LogP contribution < -0.4 is 5.73 Å². The van der Waals surface area contributed by atoms with Gasteiger partial charge in [0.1, 0.15) is 0 Å². The molecular weight excluding hydrogens is 148 g/mol. The van der Waals surface area contributed by atoms with Crippen molar-refractivity contribution in [3.63, 3.8) is 0 Å². The number of terminal acetylenes is 1. The molecule has 2 heteroatoms. The third-order valence-electron chi connectivity index (χ3n) is 1.60. The minimum Gasteiger partial charge on any atom is -0.328 e. The molecular formula is C10H12N2. The maximum absolute atomic E-state index is 5.65. The Labute approximate surface area is 72.8 Å². The van der Waals surface area contributed by atoms with Gasteiger partial charge in [-0.25, -0.2) is 0 Å². The van der Waals surface area contributed by atoms with E-state index in [0.717, 1.165) is 17.5 Å². The van der Waals surface area contributed by atoms with E-state index in [-0.39, 0.29) is 6.04 Å². The van der Waals surface area contributed by atoms with Crippen molar-refractivity contribution in [1.82, 2.24) is 4.98 Å². The van der Waals surface area contributed by atoms with Gasteiger partial charge in [-0.2, -0.15) is 0 Å². The van der Waals surface area contributed by atoms with Gasteiger partial charge in [0, 0.05) is 24.0 Å². The molecule has 2 nitrogen and oxygen atoms in total. The number of nitrogens with two attached hydrogens (primary N) is 1. The maximum Gasteiger partial charge on any atom is 0.0312 e. The van der Waals surface area contributed by atoms with Crippen LogP contribution in [0.2, 0.25) is 0 Å². The van der Waals surface area contributed by atoms with Gasteiger partial charge in [-0.3, -0.25) is 4.98 Å². The third kappa shape index (κ3) is 2.08. The van der Waals surface area contributed by atoms with Crippen LogP contribution >= 0.6 is 0 Å². The minimum absolute atomic E-state index is 0.126. The fourth-order valence-corrected chi connectivity index (χ4v) is 1.08. The van der Waals surface area contributed by atoms with E-state index in [1.54, 1.807) is 12.4 Å². The van der Waals surface area contributed by atoms with Crippen LogP contribution in [0.1, 0.15) is 18.1 Å². The molecule has 0 saturated carbocycles. The first-order chi connectivity index (χ1) is 5.74. The topological polar surface area (TPSA) is 38.9 Å². The van der Waals surface area contributed by atoms with Gasteiger partial charge in [0.05, 0.1) is 0 Å². The van der Waals surface area contributed by atoms with Crippen LogP contribution in [0.5, 0.6) is 0 Å². The SMILES string of the molecule is C#Cc1ccncc1CC(C)N. The van der Waals surface area contributed by atoms with Crippen molar-refractivity contribution in [1.29, 1.82) is 0 Å². The Kier molecular flexibility index (Phi) is 2.84. The maximum atomic E-state index is 5.65. The molecule has 0 aliphatic rings.